The maximum atomic E-state index is 13.1. The molecule has 0 bridgehead atoms. The van der Waals surface area contributed by atoms with Crippen molar-refractivity contribution < 1.29 is 9.53 Å². The van der Waals surface area contributed by atoms with E-state index in [1.807, 2.05) is 6.07 Å². The highest BCUT2D eigenvalue weighted by Crippen LogP contribution is 2.46. The first kappa shape index (κ1) is 22.8. The summed E-state index contributed by atoms with van der Waals surface area (Å²) in [6.45, 7) is 2.01. The standard InChI is InChI=1S/C27H33N5O2/c1-31(2)27(22-6-4-3-5-7-22)12-10-26(11-13-27)19-32(25(33)30-26)23-16-21(17-28)24(29-18-23)20-8-14-34-15-9-20/h3-7,16,18,20H,8-15,19H2,1-2H3,(H,30,33). The van der Waals surface area contributed by atoms with Crippen LogP contribution in [-0.2, 0) is 10.3 Å². The van der Waals surface area contributed by atoms with Crippen LogP contribution in [0.5, 0.6) is 0 Å². The monoisotopic (exact) mass is 459 g/mol. The van der Waals surface area contributed by atoms with Gasteiger partial charge < -0.3 is 10.1 Å². The second kappa shape index (κ2) is 9.01. The lowest BCUT2D eigenvalue weighted by molar-refractivity contribution is 0.0658. The third-order valence-corrected chi connectivity index (χ3v) is 8.22. The minimum Gasteiger partial charge on any atom is -0.381 e. The Hall–Kier alpha value is -2.95. The first-order valence-electron chi connectivity index (χ1n) is 12.3. The van der Waals surface area contributed by atoms with Gasteiger partial charge in [0.25, 0.3) is 0 Å². The van der Waals surface area contributed by atoms with Crippen molar-refractivity contribution in [3.63, 3.8) is 0 Å². The highest BCUT2D eigenvalue weighted by Gasteiger charge is 2.50. The third kappa shape index (κ3) is 3.95. The molecule has 1 aromatic heterocycles. The van der Waals surface area contributed by atoms with Crippen LogP contribution in [0.25, 0.3) is 0 Å². The van der Waals surface area contributed by atoms with Gasteiger partial charge in [-0.05, 0) is 64.3 Å². The fourth-order valence-electron chi connectivity index (χ4n) is 6.08. The molecule has 1 spiro atoms. The van der Waals surface area contributed by atoms with Crippen molar-refractivity contribution in [2.75, 3.05) is 38.8 Å². The number of hydrogen-bond acceptors (Lipinski definition) is 5. The fourth-order valence-corrected chi connectivity index (χ4v) is 6.08. The number of urea groups is 1. The normalized spacial score (nSPS) is 27.7. The number of ether oxygens (including phenoxy) is 1. The summed E-state index contributed by atoms with van der Waals surface area (Å²) in [5.74, 6) is 0.242. The van der Waals surface area contributed by atoms with E-state index in [0.29, 0.717) is 31.0 Å². The van der Waals surface area contributed by atoms with E-state index in [1.165, 1.54) is 5.56 Å². The number of hydrogen-bond donors (Lipinski definition) is 1. The van der Waals surface area contributed by atoms with E-state index in [0.717, 1.165) is 44.2 Å². The Morgan fingerprint density at radius 2 is 1.85 bits per heavy atom. The summed E-state index contributed by atoms with van der Waals surface area (Å²) in [7, 11) is 4.30. The van der Waals surface area contributed by atoms with Crippen molar-refractivity contribution in [2.24, 2.45) is 0 Å². The van der Waals surface area contributed by atoms with Gasteiger partial charge in [-0.2, -0.15) is 5.26 Å². The van der Waals surface area contributed by atoms with Gasteiger partial charge in [0.1, 0.15) is 6.07 Å². The number of anilines is 1. The number of pyridine rings is 1. The summed E-state index contributed by atoms with van der Waals surface area (Å²) < 4.78 is 5.46. The zero-order chi connectivity index (χ0) is 23.8. The predicted octanol–water partition coefficient (Wildman–Crippen LogP) is 4.15. The summed E-state index contributed by atoms with van der Waals surface area (Å²) in [5.41, 5.74) is 3.16. The molecule has 7 nitrogen and oxygen atoms in total. The predicted molar refractivity (Wildman–Crippen MR) is 131 cm³/mol. The molecule has 178 valence electrons. The molecule has 2 saturated heterocycles. The Morgan fingerprint density at radius 1 is 1.15 bits per heavy atom. The summed E-state index contributed by atoms with van der Waals surface area (Å²) >= 11 is 0. The van der Waals surface area contributed by atoms with E-state index >= 15 is 0 Å². The summed E-state index contributed by atoms with van der Waals surface area (Å²) in [6.07, 6.45) is 7.28. The van der Waals surface area contributed by atoms with Crippen LogP contribution >= 0.6 is 0 Å². The second-order valence-electron chi connectivity index (χ2n) is 10.2. The van der Waals surface area contributed by atoms with Crippen LogP contribution in [0.1, 0.15) is 61.3 Å². The lowest BCUT2D eigenvalue weighted by atomic mass is 9.69. The molecule has 3 aliphatic rings. The van der Waals surface area contributed by atoms with Gasteiger partial charge in [0, 0.05) is 24.7 Å². The van der Waals surface area contributed by atoms with Crippen LogP contribution in [-0.4, -0.2) is 55.3 Å². The molecule has 7 heteroatoms. The van der Waals surface area contributed by atoms with Crippen molar-refractivity contribution >= 4 is 11.7 Å². The quantitative estimate of drug-likeness (QED) is 0.743. The number of nitriles is 1. The molecular formula is C27H33N5O2. The van der Waals surface area contributed by atoms with E-state index in [9.17, 15) is 10.1 Å². The second-order valence-corrected chi connectivity index (χ2v) is 10.2. The molecule has 2 aliphatic heterocycles. The Balaban J connectivity index is 1.35. The highest BCUT2D eigenvalue weighted by atomic mass is 16.5. The van der Waals surface area contributed by atoms with Crippen LogP contribution in [0.2, 0.25) is 0 Å². The molecule has 2 aromatic rings. The van der Waals surface area contributed by atoms with Crippen LogP contribution < -0.4 is 10.2 Å². The van der Waals surface area contributed by atoms with Gasteiger partial charge in [-0.25, -0.2) is 4.79 Å². The molecule has 1 aliphatic carbocycles. The van der Waals surface area contributed by atoms with Gasteiger partial charge in [-0.3, -0.25) is 14.8 Å². The molecule has 3 fully saturated rings. The topological polar surface area (TPSA) is 81.5 Å². The lowest BCUT2D eigenvalue weighted by Crippen LogP contribution is -2.54. The zero-order valence-electron chi connectivity index (χ0n) is 20.1. The number of rotatable bonds is 4. The number of aromatic nitrogens is 1. The van der Waals surface area contributed by atoms with Crippen LogP contribution in [0.4, 0.5) is 10.5 Å². The molecule has 0 atom stereocenters. The summed E-state index contributed by atoms with van der Waals surface area (Å²) in [4.78, 5) is 21.8. The molecule has 0 unspecified atom stereocenters. The molecule has 1 aromatic carbocycles. The minimum absolute atomic E-state index is 0.0223. The molecule has 5 rings (SSSR count). The fraction of sp³-hybridized carbons (Fsp3) is 0.519. The Kier molecular flexibility index (Phi) is 6.05. The van der Waals surface area contributed by atoms with Crippen LogP contribution in [0.15, 0.2) is 42.6 Å². The lowest BCUT2D eigenvalue weighted by Gasteiger charge is -2.48. The van der Waals surface area contributed by atoms with E-state index in [4.69, 9.17) is 4.74 Å². The maximum Gasteiger partial charge on any atom is 0.322 e. The van der Waals surface area contributed by atoms with Gasteiger partial charge >= 0.3 is 6.03 Å². The third-order valence-electron chi connectivity index (χ3n) is 8.22. The van der Waals surface area contributed by atoms with Crippen LogP contribution in [0, 0.1) is 11.3 Å². The number of benzene rings is 1. The van der Waals surface area contributed by atoms with Gasteiger partial charge in [0.15, 0.2) is 0 Å². The van der Waals surface area contributed by atoms with Crippen molar-refractivity contribution in [3.05, 3.63) is 59.4 Å². The van der Waals surface area contributed by atoms with Gasteiger partial charge in [-0.15, -0.1) is 0 Å². The Labute approximate surface area is 201 Å². The average Bonchev–Trinajstić information content (AvgIpc) is 3.20. The van der Waals surface area contributed by atoms with Crippen molar-refractivity contribution in [1.29, 1.82) is 5.26 Å². The molecule has 3 heterocycles. The molecule has 1 saturated carbocycles. The number of nitrogens with zero attached hydrogens (tertiary/aromatic N) is 4. The van der Waals surface area contributed by atoms with Crippen molar-refractivity contribution in [3.8, 4) is 6.07 Å². The summed E-state index contributed by atoms with van der Waals surface area (Å²) in [6, 6.07) is 14.8. The largest absolute Gasteiger partial charge is 0.381 e. The SMILES string of the molecule is CN(C)C1(c2ccccc2)CCC2(CC1)CN(c1cnc(C3CCOCC3)c(C#N)c1)C(=O)N2. The van der Waals surface area contributed by atoms with E-state index in [1.54, 1.807) is 11.1 Å². The first-order valence-corrected chi connectivity index (χ1v) is 12.3. The van der Waals surface area contributed by atoms with E-state index in [2.05, 4.69) is 65.7 Å². The van der Waals surface area contributed by atoms with E-state index < -0.39 is 0 Å². The highest BCUT2D eigenvalue weighted by molar-refractivity contribution is 5.95. The van der Waals surface area contributed by atoms with Crippen molar-refractivity contribution in [2.45, 2.75) is 55.5 Å². The number of amides is 2. The average molecular weight is 460 g/mol. The molecule has 1 N–H and O–H groups in total. The first-order chi connectivity index (χ1) is 16.5. The number of carbonyl (C=O) groups excluding carboxylic acids is 1. The minimum atomic E-state index is -0.252. The molecule has 2 amide bonds. The number of carbonyl (C=O) groups is 1. The smallest absolute Gasteiger partial charge is 0.322 e. The molecule has 34 heavy (non-hydrogen) atoms. The van der Waals surface area contributed by atoms with Gasteiger partial charge in [0.05, 0.1) is 35.2 Å². The zero-order valence-corrected chi connectivity index (χ0v) is 20.1. The van der Waals surface area contributed by atoms with E-state index in [-0.39, 0.29) is 23.0 Å². The molecule has 0 radical (unpaired) electrons. The Morgan fingerprint density at radius 3 is 2.50 bits per heavy atom. The van der Waals surface area contributed by atoms with Gasteiger partial charge in [-0.1, -0.05) is 30.3 Å². The van der Waals surface area contributed by atoms with Crippen LogP contribution in [0.3, 0.4) is 0 Å². The number of nitrogens with one attached hydrogen (secondary N) is 1. The van der Waals surface area contributed by atoms with Crippen molar-refractivity contribution in [1.82, 2.24) is 15.2 Å². The molecular weight excluding hydrogens is 426 g/mol. The summed E-state index contributed by atoms with van der Waals surface area (Å²) in [5, 5.41) is 13.1. The van der Waals surface area contributed by atoms with Gasteiger partial charge in [0.2, 0.25) is 0 Å². The maximum absolute atomic E-state index is 13.1. The Bertz CT molecular complexity index is 1080.